The van der Waals surface area contributed by atoms with E-state index in [9.17, 15) is 0 Å². The maximum absolute atomic E-state index is 2.48. The van der Waals surface area contributed by atoms with E-state index in [0.717, 1.165) is 11.6 Å². The second kappa shape index (κ2) is 13.8. The predicted molar refractivity (Wildman–Crippen MR) is 233 cm³/mol. The molecular weight excluding hydrogens is 651 g/mol. The van der Waals surface area contributed by atoms with Crippen molar-refractivity contribution in [3.05, 3.63) is 161 Å². The SMILES string of the molecule is CC(C)(C)c1cc(N(c2ccc(-c3cccc(-c4ccc(C5CCCCC5)cc4)c3)cc2)c2ccc3c(c2)C(C)(C)c2ccccc2-3)cc(C(C)(C)C)c1. The Labute approximate surface area is 325 Å². The Bertz CT molecular complexity index is 2250. The zero-order chi connectivity index (χ0) is 37.8. The molecule has 1 saturated carbocycles. The van der Waals surface area contributed by atoms with Crippen LogP contribution in [0.4, 0.5) is 17.1 Å². The number of rotatable bonds is 6. The second-order valence-corrected chi connectivity index (χ2v) is 18.6. The van der Waals surface area contributed by atoms with E-state index >= 15 is 0 Å². The van der Waals surface area contributed by atoms with Crippen LogP contribution in [0.1, 0.15) is 121 Å². The standard InChI is InChI=1S/C53H57N/c1-51(2,3)42-32-43(52(4,5)6)34-46(33-42)54(45-29-30-48-47-19-12-13-20-49(47)53(7,8)50(48)35-45)44-27-25-39(26-28-44)41-18-14-17-40(31-41)38-23-21-37(22-24-38)36-15-10-9-11-16-36/h12-14,17-36H,9-11,15-16H2,1-8H3. The summed E-state index contributed by atoms with van der Waals surface area (Å²) in [6.45, 7) is 18.7. The molecule has 2 aliphatic carbocycles. The van der Waals surface area contributed by atoms with Crippen LogP contribution >= 0.6 is 0 Å². The summed E-state index contributed by atoms with van der Waals surface area (Å²) in [5, 5.41) is 0. The highest BCUT2D eigenvalue weighted by Gasteiger charge is 2.36. The lowest BCUT2D eigenvalue weighted by molar-refractivity contribution is 0.443. The van der Waals surface area contributed by atoms with Gasteiger partial charge in [-0.3, -0.25) is 0 Å². The molecule has 6 aromatic rings. The molecule has 54 heavy (non-hydrogen) atoms. The van der Waals surface area contributed by atoms with Crippen molar-refractivity contribution in [2.45, 2.75) is 110 Å². The van der Waals surface area contributed by atoms with Crippen LogP contribution in [0.3, 0.4) is 0 Å². The van der Waals surface area contributed by atoms with Gasteiger partial charge in [0, 0.05) is 22.5 Å². The van der Waals surface area contributed by atoms with Gasteiger partial charge in [0.25, 0.3) is 0 Å². The van der Waals surface area contributed by atoms with Gasteiger partial charge >= 0.3 is 0 Å². The Hall–Kier alpha value is -4.88. The van der Waals surface area contributed by atoms with E-state index in [1.807, 2.05) is 0 Å². The molecule has 0 heterocycles. The Morgan fingerprint density at radius 2 is 1.02 bits per heavy atom. The van der Waals surface area contributed by atoms with Crippen molar-refractivity contribution in [3.63, 3.8) is 0 Å². The van der Waals surface area contributed by atoms with E-state index < -0.39 is 0 Å². The molecule has 2 aliphatic rings. The van der Waals surface area contributed by atoms with Crippen molar-refractivity contribution in [1.82, 2.24) is 0 Å². The Kier molecular flexibility index (Phi) is 9.20. The lowest BCUT2D eigenvalue weighted by Gasteiger charge is -2.32. The van der Waals surface area contributed by atoms with Gasteiger partial charge in [-0.1, -0.05) is 166 Å². The van der Waals surface area contributed by atoms with Crippen molar-refractivity contribution < 1.29 is 0 Å². The van der Waals surface area contributed by atoms with Gasteiger partial charge in [-0.2, -0.15) is 0 Å². The quantitative estimate of drug-likeness (QED) is 0.167. The zero-order valence-corrected chi connectivity index (χ0v) is 33.8. The molecule has 0 N–H and O–H groups in total. The van der Waals surface area contributed by atoms with Gasteiger partial charge in [-0.05, 0) is 133 Å². The molecule has 0 spiro atoms. The van der Waals surface area contributed by atoms with E-state index in [2.05, 4.69) is 194 Å². The molecular formula is C53H57N. The summed E-state index contributed by atoms with van der Waals surface area (Å²) in [5.74, 6) is 0.729. The summed E-state index contributed by atoms with van der Waals surface area (Å²) in [6, 6.07) is 51.0. The minimum Gasteiger partial charge on any atom is -0.310 e. The summed E-state index contributed by atoms with van der Waals surface area (Å²) < 4.78 is 0. The highest BCUT2D eigenvalue weighted by Crippen LogP contribution is 2.51. The van der Waals surface area contributed by atoms with Crippen LogP contribution in [0, 0.1) is 0 Å². The van der Waals surface area contributed by atoms with Crippen LogP contribution in [0.25, 0.3) is 33.4 Å². The Morgan fingerprint density at radius 1 is 0.463 bits per heavy atom. The fourth-order valence-corrected chi connectivity index (χ4v) is 8.95. The summed E-state index contributed by atoms with van der Waals surface area (Å²) >= 11 is 0. The molecule has 0 aromatic heterocycles. The van der Waals surface area contributed by atoms with Gasteiger partial charge in [-0.25, -0.2) is 0 Å². The van der Waals surface area contributed by atoms with Gasteiger partial charge < -0.3 is 4.90 Å². The molecule has 0 bridgehead atoms. The van der Waals surface area contributed by atoms with E-state index in [1.165, 1.54) is 105 Å². The average Bonchev–Trinajstić information content (AvgIpc) is 3.40. The number of fused-ring (bicyclic) bond motifs is 3. The maximum Gasteiger partial charge on any atom is 0.0467 e. The number of hydrogen-bond donors (Lipinski definition) is 0. The molecule has 0 atom stereocenters. The first-order valence-corrected chi connectivity index (χ1v) is 20.3. The highest BCUT2D eigenvalue weighted by molar-refractivity contribution is 5.86. The minimum atomic E-state index is -0.0809. The molecule has 8 rings (SSSR count). The largest absolute Gasteiger partial charge is 0.310 e. The average molecular weight is 708 g/mol. The fourth-order valence-electron chi connectivity index (χ4n) is 8.95. The first-order chi connectivity index (χ1) is 25.8. The van der Waals surface area contributed by atoms with Crippen molar-refractivity contribution in [2.75, 3.05) is 4.90 Å². The van der Waals surface area contributed by atoms with Crippen molar-refractivity contribution >= 4 is 17.1 Å². The third kappa shape index (κ3) is 6.83. The topological polar surface area (TPSA) is 3.24 Å². The summed E-state index contributed by atoms with van der Waals surface area (Å²) in [4.78, 5) is 2.48. The van der Waals surface area contributed by atoms with Crippen LogP contribution in [0.15, 0.2) is 133 Å². The summed E-state index contributed by atoms with van der Waals surface area (Å²) in [6.07, 6.45) is 6.80. The number of benzene rings is 6. The molecule has 0 amide bonds. The first-order valence-electron chi connectivity index (χ1n) is 20.3. The summed E-state index contributed by atoms with van der Waals surface area (Å²) in [5.41, 5.74) is 18.2. The van der Waals surface area contributed by atoms with Gasteiger partial charge in [0.2, 0.25) is 0 Å². The van der Waals surface area contributed by atoms with Crippen LogP contribution in [-0.2, 0) is 16.2 Å². The molecule has 1 heteroatoms. The predicted octanol–water partition coefficient (Wildman–Crippen LogP) is 15.4. The third-order valence-electron chi connectivity index (χ3n) is 12.4. The third-order valence-corrected chi connectivity index (χ3v) is 12.4. The van der Waals surface area contributed by atoms with Crippen LogP contribution in [-0.4, -0.2) is 0 Å². The lowest BCUT2D eigenvalue weighted by atomic mass is 9.80. The zero-order valence-electron chi connectivity index (χ0n) is 33.8. The number of nitrogens with zero attached hydrogens (tertiary/aromatic N) is 1. The normalized spacial score (nSPS) is 15.5. The lowest BCUT2D eigenvalue weighted by Crippen LogP contribution is -2.19. The highest BCUT2D eigenvalue weighted by atomic mass is 15.1. The minimum absolute atomic E-state index is 0.00825. The van der Waals surface area contributed by atoms with E-state index in [0.29, 0.717) is 0 Å². The van der Waals surface area contributed by atoms with Gasteiger partial charge in [0.15, 0.2) is 0 Å². The van der Waals surface area contributed by atoms with Crippen LogP contribution in [0.2, 0.25) is 0 Å². The monoisotopic (exact) mass is 707 g/mol. The summed E-state index contributed by atoms with van der Waals surface area (Å²) in [7, 11) is 0. The smallest absolute Gasteiger partial charge is 0.0467 e. The number of hydrogen-bond acceptors (Lipinski definition) is 1. The van der Waals surface area contributed by atoms with Crippen molar-refractivity contribution in [2.24, 2.45) is 0 Å². The Morgan fingerprint density at radius 3 is 1.63 bits per heavy atom. The maximum atomic E-state index is 2.48. The molecule has 0 unspecified atom stereocenters. The van der Waals surface area contributed by atoms with E-state index in [4.69, 9.17) is 0 Å². The van der Waals surface area contributed by atoms with Gasteiger partial charge in [-0.15, -0.1) is 0 Å². The van der Waals surface area contributed by atoms with Crippen molar-refractivity contribution in [1.29, 1.82) is 0 Å². The van der Waals surface area contributed by atoms with Crippen molar-refractivity contribution in [3.8, 4) is 33.4 Å². The molecule has 6 aromatic carbocycles. The first kappa shape index (κ1) is 36.1. The van der Waals surface area contributed by atoms with E-state index in [1.54, 1.807) is 0 Å². The molecule has 1 nitrogen and oxygen atoms in total. The van der Waals surface area contributed by atoms with Crippen LogP contribution < -0.4 is 4.90 Å². The second-order valence-electron chi connectivity index (χ2n) is 18.6. The molecule has 274 valence electrons. The Balaban J connectivity index is 1.19. The van der Waals surface area contributed by atoms with E-state index in [-0.39, 0.29) is 16.2 Å². The molecule has 0 aliphatic heterocycles. The van der Waals surface area contributed by atoms with Gasteiger partial charge in [0.1, 0.15) is 0 Å². The van der Waals surface area contributed by atoms with Crippen LogP contribution in [0.5, 0.6) is 0 Å². The molecule has 0 radical (unpaired) electrons. The fraction of sp³-hybridized carbons (Fsp3) is 0.321. The molecule has 0 saturated heterocycles. The number of anilines is 3. The molecule has 1 fully saturated rings. The van der Waals surface area contributed by atoms with Gasteiger partial charge in [0.05, 0.1) is 0 Å².